The first kappa shape index (κ1) is 28.2. The van der Waals surface area contributed by atoms with Gasteiger partial charge in [-0.25, -0.2) is 8.42 Å². The molecule has 0 heterocycles. The van der Waals surface area contributed by atoms with Crippen LogP contribution in [-0.2, 0) is 26.2 Å². The Morgan fingerprint density at radius 1 is 1.00 bits per heavy atom. The fourth-order valence-electron chi connectivity index (χ4n) is 3.36. The standard InChI is InChI=1S/C23H28Cl3N3O4S/c1-4-11-27-23(31)20(5-2)28(14-16-9-7-6-8-10-16)22(30)15-29(34(3,32)33)21-13-18(25)17(24)12-19(21)26/h6-10,12-13,20H,4-5,11,14-15H2,1-3H3,(H,27,31). The maximum atomic E-state index is 13.6. The number of sulfonamides is 1. The zero-order valence-corrected chi connectivity index (χ0v) is 22.3. The highest BCUT2D eigenvalue weighted by Crippen LogP contribution is 2.35. The molecule has 2 rings (SSSR count). The zero-order chi connectivity index (χ0) is 25.5. The van der Waals surface area contributed by atoms with Crippen LogP contribution in [0.4, 0.5) is 5.69 Å². The van der Waals surface area contributed by atoms with Crippen molar-refractivity contribution in [2.24, 2.45) is 0 Å². The highest BCUT2D eigenvalue weighted by Gasteiger charge is 2.32. The van der Waals surface area contributed by atoms with Crippen molar-refractivity contribution in [2.45, 2.75) is 39.3 Å². The first-order valence-corrected chi connectivity index (χ1v) is 13.7. The number of anilines is 1. The van der Waals surface area contributed by atoms with Gasteiger partial charge in [0.2, 0.25) is 21.8 Å². The Kier molecular flexibility index (Phi) is 10.5. The monoisotopic (exact) mass is 547 g/mol. The number of amides is 2. The van der Waals surface area contributed by atoms with E-state index in [1.807, 2.05) is 37.3 Å². The fourth-order valence-corrected chi connectivity index (χ4v) is 4.91. The molecule has 0 aliphatic carbocycles. The summed E-state index contributed by atoms with van der Waals surface area (Å²) in [5.74, 6) is -0.859. The molecule has 2 amide bonds. The van der Waals surface area contributed by atoms with Crippen LogP contribution < -0.4 is 9.62 Å². The summed E-state index contributed by atoms with van der Waals surface area (Å²) in [7, 11) is -3.94. The van der Waals surface area contributed by atoms with Crippen molar-refractivity contribution < 1.29 is 18.0 Å². The highest BCUT2D eigenvalue weighted by molar-refractivity contribution is 7.92. The smallest absolute Gasteiger partial charge is 0.244 e. The van der Waals surface area contributed by atoms with E-state index < -0.39 is 28.5 Å². The van der Waals surface area contributed by atoms with E-state index in [9.17, 15) is 18.0 Å². The third kappa shape index (κ3) is 7.50. The summed E-state index contributed by atoms with van der Waals surface area (Å²) in [5.41, 5.74) is 0.825. The Labute approximate surface area is 216 Å². The van der Waals surface area contributed by atoms with Crippen LogP contribution in [0.1, 0.15) is 32.3 Å². The molecule has 2 aromatic carbocycles. The first-order valence-electron chi connectivity index (χ1n) is 10.7. The lowest BCUT2D eigenvalue weighted by atomic mass is 10.1. The summed E-state index contributed by atoms with van der Waals surface area (Å²) < 4.78 is 26.2. The molecule has 0 saturated heterocycles. The molecule has 0 saturated carbocycles. The molecular formula is C23H28Cl3N3O4S. The summed E-state index contributed by atoms with van der Waals surface area (Å²) in [4.78, 5) is 27.8. The van der Waals surface area contributed by atoms with E-state index in [-0.39, 0.29) is 33.2 Å². The Balaban J connectivity index is 2.46. The van der Waals surface area contributed by atoms with Crippen LogP contribution in [0, 0.1) is 0 Å². The predicted octanol–water partition coefficient (Wildman–Crippen LogP) is 4.75. The molecule has 34 heavy (non-hydrogen) atoms. The van der Waals surface area contributed by atoms with Crippen LogP contribution in [0.25, 0.3) is 0 Å². The lowest BCUT2D eigenvalue weighted by Crippen LogP contribution is -2.52. The molecule has 1 atom stereocenters. The molecule has 1 unspecified atom stereocenters. The maximum absolute atomic E-state index is 13.6. The number of benzene rings is 2. The minimum absolute atomic E-state index is 0.0231. The van der Waals surface area contributed by atoms with Gasteiger partial charge in [0.05, 0.1) is 27.0 Å². The van der Waals surface area contributed by atoms with E-state index in [1.54, 1.807) is 6.92 Å². The lowest BCUT2D eigenvalue weighted by molar-refractivity contribution is -0.140. The summed E-state index contributed by atoms with van der Waals surface area (Å²) in [5, 5.41) is 3.09. The van der Waals surface area contributed by atoms with Gasteiger partial charge in [-0.05, 0) is 30.5 Å². The normalized spacial score (nSPS) is 12.2. The van der Waals surface area contributed by atoms with Crippen LogP contribution in [0.3, 0.4) is 0 Å². The van der Waals surface area contributed by atoms with Gasteiger partial charge in [-0.1, -0.05) is 79.0 Å². The van der Waals surface area contributed by atoms with Gasteiger partial charge in [-0.15, -0.1) is 0 Å². The van der Waals surface area contributed by atoms with Gasteiger partial charge in [0.25, 0.3) is 0 Å². The highest BCUT2D eigenvalue weighted by atomic mass is 35.5. The van der Waals surface area contributed by atoms with Crippen molar-refractivity contribution in [2.75, 3.05) is 23.7 Å². The van der Waals surface area contributed by atoms with Crippen LogP contribution in [-0.4, -0.2) is 50.5 Å². The molecule has 0 fully saturated rings. The number of nitrogens with one attached hydrogen (secondary N) is 1. The van der Waals surface area contributed by atoms with Gasteiger partial charge in [0.1, 0.15) is 12.6 Å². The van der Waals surface area contributed by atoms with Crippen molar-refractivity contribution in [1.29, 1.82) is 0 Å². The molecular weight excluding hydrogens is 521 g/mol. The van der Waals surface area contributed by atoms with Crippen LogP contribution >= 0.6 is 34.8 Å². The summed E-state index contributed by atoms with van der Waals surface area (Å²) in [6.07, 6.45) is 2.05. The van der Waals surface area contributed by atoms with Gasteiger partial charge < -0.3 is 10.2 Å². The third-order valence-electron chi connectivity index (χ3n) is 5.07. The quantitative estimate of drug-likeness (QED) is 0.411. The Hall–Kier alpha value is -2.00. The van der Waals surface area contributed by atoms with E-state index >= 15 is 0 Å². The molecule has 0 radical (unpaired) electrons. The molecule has 0 aromatic heterocycles. The minimum Gasteiger partial charge on any atom is -0.354 e. The van der Waals surface area contributed by atoms with Crippen LogP contribution in [0.15, 0.2) is 42.5 Å². The van der Waals surface area contributed by atoms with Crippen molar-refractivity contribution >= 4 is 62.3 Å². The molecule has 0 aliphatic heterocycles. The van der Waals surface area contributed by atoms with Crippen molar-refractivity contribution in [3.63, 3.8) is 0 Å². The van der Waals surface area contributed by atoms with E-state index in [0.29, 0.717) is 13.0 Å². The van der Waals surface area contributed by atoms with Gasteiger partial charge in [-0.3, -0.25) is 13.9 Å². The van der Waals surface area contributed by atoms with E-state index in [2.05, 4.69) is 5.32 Å². The second-order valence-corrected chi connectivity index (χ2v) is 10.8. The molecule has 186 valence electrons. The number of carbonyl (C=O) groups excluding carboxylic acids is 2. The van der Waals surface area contributed by atoms with E-state index in [0.717, 1.165) is 22.5 Å². The third-order valence-corrected chi connectivity index (χ3v) is 7.22. The van der Waals surface area contributed by atoms with E-state index in [4.69, 9.17) is 34.8 Å². The number of hydrogen-bond donors (Lipinski definition) is 1. The summed E-state index contributed by atoms with van der Waals surface area (Å²) in [6.45, 7) is 3.76. The number of hydrogen-bond acceptors (Lipinski definition) is 4. The maximum Gasteiger partial charge on any atom is 0.244 e. The summed E-state index contributed by atoms with van der Waals surface area (Å²) in [6, 6.07) is 11.0. The van der Waals surface area contributed by atoms with Crippen LogP contribution in [0.5, 0.6) is 0 Å². The largest absolute Gasteiger partial charge is 0.354 e. The zero-order valence-electron chi connectivity index (χ0n) is 19.2. The average Bonchev–Trinajstić information content (AvgIpc) is 2.78. The average molecular weight is 549 g/mol. The molecule has 0 bridgehead atoms. The van der Waals surface area contributed by atoms with Gasteiger partial charge in [0.15, 0.2) is 0 Å². The Bertz CT molecular complexity index is 1110. The molecule has 0 aliphatic rings. The SMILES string of the molecule is CCCNC(=O)C(CC)N(Cc1ccccc1)C(=O)CN(c1cc(Cl)c(Cl)cc1Cl)S(C)(=O)=O. The van der Waals surface area contributed by atoms with Gasteiger partial charge in [0, 0.05) is 13.1 Å². The molecule has 1 N–H and O–H groups in total. The van der Waals surface area contributed by atoms with E-state index in [1.165, 1.54) is 17.0 Å². The lowest BCUT2D eigenvalue weighted by Gasteiger charge is -2.33. The Morgan fingerprint density at radius 2 is 1.62 bits per heavy atom. The molecule has 0 spiro atoms. The van der Waals surface area contributed by atoms with Crippen molar-refractivity contribution in [3.8, 4) is 0 Å². The topological polar surface area (TPSA) is 86.8 Å². The second-order valence-electron chi connectivity index (χ2n) is 7.71. The van der Waals surface area contributed by atoms with Crippen molar-refractivity contribution in [3.05, 3.63) is 63.1 Å². The van der Waals surface area contributed by atoms with Gasteiger partial charge >= 0.3 is 0 Å². The number of nitrogens with zero attached hydrogens (tertiary/aromatic N) is 2. The number of carbonyl (C=O) groups is 2. The van der Waals surface area contributed by atoms with Gasteiger partial charge in [-0.2, -0.15) is 0 Å². The van der Waals surface area contributed by atoms with Crippen LogP contribution in [0.2, 0.25) is 15.1 Å². The second kappa shape index (κ2) is 12.6. The molecule has 7 nitrogen and oxygen atoms in total. The minimum atomic E-state index is -3.94. The van der Waals surface area contributed by atoms with Crippen molar-refractivity contribution in [1.82, 2.24) is 10.2 Å². The first-order chi connectivity index (χ1) is 16.0. The fraction of sp³-hybridized carbons (Fsp3) is 0.391. The summed E-state index contributed by atoms with van der Waals surface area (Å²) >= 11 is 18.3. The predicted molar refractivity (Wildman–Crippen MR) is 138 cm³/mol. The molecule has 2 aromatic rings. The number of halogens is 3. The molecule has 11 heteroatoms. The number of rotatable bonds is 11. The Morgan fingerprint density at radius 3 is 2.18 bits per heavy atom.